The summed E-state index contributed by atoms with van der Waals surface area (Å²) >= 11 is 0. The monoisotopic (exact) mass is 322 g/mol. The molecule has 1 saturated carbocycles. The van der Waals surface area contributed by atoms with Crippen LogP contribution >= 0.6 is 0 Å². The van der Waals surface area contributed by atoms with Crippen LogP contribution in [-0.2, 0) is 4.79 Å². The highest BCUT2D eigenvalue weighted by atomic mass is 16.1. The van der Waals surface area contributed by atoms with Crippen molar-refractivity contribution in [3.8, 4) is 0 Å². The number of amides is 1. The molecule has 0 aromatic rings. The molecule has 0 unspecified atom stereocenters. The number of nitrogens with zero attached hydrogens (tertiary/aromatic N) is 2. The highest BCUT2D eigenvalue weighted by Gasteiger charge is 2.19. The van der Waals surface area contributed by atoms with Crippen LogP contribution in [0.15, 0.2) is 4.99 Å². The van der Waals surface area contributed by atoms with Crippen LogP contribution in [0.3, 0.4) is 0 Å². The molecule has 5 nitrogen and oxygen atoms in total. The van der Waals surface area contributed by atoms with Crippen molar-refractivity contribution in [1.82, 2.24) is 15.5 Å². The molecule has 132 valence electrons. The molecule has 2 aliphatic rings. The fraction of sp³-hybridized carbons (Fsp3) is 0.889. The van der Waals surface area contributed by atoms with Crippen LogP contribution in [0, 0.1) is 5.92 Å². The maximum absolute atomic E-state index is 12.1. The summed E-state index contributed by atoms with van der Waals surface area (Å²) in [4.78, 5) is 19.1. The van der Waals surface area contributed by atoms with Crippen molar-refractivity contribution in [3.05, 3.63) is 0 Å². The van der Waals surface area contributed by atoms with E-state index in [1.54, 1.807) is 0 Å². The zero-order chi connectivity index (χ0) is 16.5. The Morgan fingerprint density at radius 1 is 1.13 bits per heavy atom. The summed E-state index contributed by atoms with van der Waals surface area (Å²) < 4.78 is 0. The van der Waals surface area contributed by atoms with Crippen LogP contribution in [0.25, 0.3) is 0 Å². The van der Waals surface area contributed by atoms with E-state index in [1.807, 2.05) is 0 Å². The first-order valence-corrected chi connectivity index (χ1v) is 9.51. The Morgan fingerprint density at radius 3 is 2.48 bits per heavy atom. The minimum atomic E-state index is 0.156. The van der Waals surface area contributed by atoms with E-state index in [2.05, 4.69) is 34.4 Å². The molecule has 2 N–H and O–H groups in total. The van der Waals surface area contributed by atoms with Gasteiger partial charge in [-0.1, -0.05) is 26.2 Å². The number of guanidine groups is 1. The van der Waals surface area contributed by atoms with Gasteiger partial charge in [-0.05, 0) is 38.5 Å². The highest BCUT2D eigenvalue weighted by Crippen LogP contribution is 2.17. The fourth-order valence-corrected chi connectivity index (χ4v) is 3.46. The van der Waals surface area contributed by atoms with Crippen molar-refractivity contribution in [1.29, 1.82) is 0 Å². The van der Waals surface area contributed by atoms with Crippen molar-refractivity contribution in [2.24, 2.45) is 10.9 Å². The Balaban J connectivity index is 1.74. The number of likely N-dealkylation sites (tertiary alicyclic amines) is 1. The second kappa shape index (κ2) is 9.78. The van der Waals surface area contributed by atoms with E-state index in [-0.39, 0.29) is 5.91 Å². The molecule has 0 atom stereocenters. The molecule has 23 heavy (non-hydrogen) atoms. The molecule has 0 aromatic heterocycles. The van der Waals surface area contributed by atoms with Crippen molar-refractivity contribution in [3.63, 3.8) is 0 Å². The molecule has 1 heterocycles. The average Bonchev–Trinajstić information content (AvgIpc) is 2.56. The molecule has 0 radical (unpaired) electrons. The van der Waals surface area contributed by atoms with Crippen LogP contribution in [0.1, 0.15) is 65.2 Å². The maximum Gasteiger partial charge on any atom is 0.222 e. The highest BCUT2D eigenvalue weighted by molar-refractivity contribution is 5.81. The number of nitrogens with one attached hydrogen (secondary N) is 2. The molecule has 0 bridgehead atoms. The minimum absolute atomic E-state index is 0.156. The molecule has 5 heteroatoms. The summed E-state index contributed by atoms with van der Waals surface area (Å²) in [6.07, 6.45) is 9.06. The molecule has 1 aliphatic heterocycles. The lowest BCUT2D eigenvalue weighted by Crippen LogP contribution is -2.45. The topological polar surface area (TPSA) is 56.7 Å². The number of carbonyl (C=O) groups is 1. The van der Waals surface area contributed by atoms with Crippen LogP contribution in [0.2, 0.25) is 0 Å². The van der Waals surface area contributed by atoms with E-state index in [0.717, 1.165) is 44.4 Å². The van der Waals surface area contributed by atoms with Gasteiger partial charge in [-0.25, -0.2) is 0 Å². The van der Waals surface area contributed by atoms with Gasteiger partial charge in [0.15, 0.2) is 5.96 Å². The van der Waals surface area contributed by atoms with E-state index in [4.69, 9.17) is 0 Å². The number of carbonyl (C=O) groups excluding carboxylic acids is 1. The molecule has 2 rings (SSSR count). The number of hydrogen-bond donors (Lipinski definition) is 2. The van der Waals surface area contributed by atoms with Crippen molar-refractivity contribution < 1.29 is 4.79 Å². The van der Waals surface area contributed by atoms with E-state index in [9.17, 15) is 4.79 Å². The van der Waals surface area contributed by atoms with Gasteiger partial charge in [0.05, 0.1) is 6.54 Å². The molecule has 1 amide bonds. The molecule has 1 aliphatic carbocycles. The number of hydrogen-bond acceptors (Lipinski definition) is 2. The summed E-state index contributed by atoms with van der Waals surface area (Å²) in [5, 5.41) is 6.53. The molecule has 1 saturated heterocycles. The predicted molar refractivity (Wildman–Crippen MR) is 95.6 cm³/mol. The van der Waals surface area contributed by atoms with E-state index in [0.29, 0.717) is 19.0 Å². The normalized spacial score (nSPS) is 21.3. The Bertz CT molecular complexity index is 382. The third kappa shape index (κ3) is 6.40. The van der Waals surface area contributed by atoms with Crippen LogP contribution in [0.4, 0.5) is 0 Å². The Morgan fingerprint density at radius 2 is 1.83 bits per heavy atom. The lowest BCUT2D eigenvalue weighted by Gasteiger charge is -2.33. The van der Waals surface area contributed by atoms with Gasteiger partial charge < -0.3 is 15.5 Å². The first-order valence-electron chi connectivity index (χ1n) is 9.51. The second-order valence-corrected chi connectivity index (χ2v) is 7.06. The largest absolute Gasteiger partial charge is 0.357 e. The van der Waals surface area contributed by atoms with E-state index in [1.165, 1.54) is 32.1 Å². The van der Waals surface area contributed by atoms with Crippen molar-refractivity contribution in [2.45, 2.75) is 71.3 Å². The fourth-order valence-electron chi connectivity index (χ4n) is 3.46. The molecular formula is C18H34N4O. The minimum Gasteiger partial charge on any atom is -0.357 e. The van der Waals surface area contributed by atoms with Crippen molar-refractivity contribution in [2.75, 3.05) is 26.2 Å². The lowest BCUT2D eigenvalue weighted by atomic mass is 9.95. The summed E-state index contributed by atoms with van der Waals surface area (Å²) in [6.45, 7) is 8.00. The third-order valence-corrected chi connectivity index (χ3v) is 4.99. The van der Waals surface area contributed by atoms with Crippen LogP contribution in [0.5, 0.6) is 0 Å². The summed E-state index contributed by atoms with van der Waals surface area (Å²) in [6, 6.07) is 0.400. The standard InChI is InChI=1S/C18H34N4O/c1-3-19-18(22-13-10-15(2)11-14-22)20-12-9-17(23)21-16-7-5-4-6-8-16/h15-16H,3-14H2,1-2H3,(H,19,20)(H,21,23). The molecular weight excluding hydrogens is 288 g/mol. The number of aliphatic imine (C=N–C) groups is 1. The maximum atomic E-state index is 12.1. The lowest BCUT2D eigenvalue weighted by molar-refractivity contribution is -0.121. The van der Waals surface area contributed by atoms with Gasteiger partial charge in [0.1, 0.15) is 0 Å². The first kappa shape index (κ1) is 18.1. The van der Waals surface area contributed by atoms with Gasteiger partial charge in [0.25, 0.3) is 0 Å². The quantitative estimate of drug-likeness (QED) is 0.604. The van der Waals surface area contributed by atoms with Gasteiger partial charge in [-0.15, -0.1) is 0 Å². The Kier molecular flexibility index (Phi) is 7.69. The summed E-state index contributed by atoms with van der Waals surface area (Å²) in [7, 11) is 0. The van der Waals surface area contributed by atoms with Crippen LogP contribution < -0.4 is 10.6 Å². The predicted octanol–water partition coefficient (Wildman–Crippen LogP) is 2.52. The molecule has 0 aromatic carbocycles. The average molecular weight is 322 g/mol. The molecule has 0 spiro atoms. The number of rotatable bonds is 5. The van der Waals surface area contributed by atoms with Gasteiger partial charge in [-0.2, -0.15) is 0 Å². The summed E-state index contributed by atoms with van der Waals surface area (Å²) in [5.41, 5.74) is 0. The molecule has 2 fully saturated rings. The Labute approximate surface area is 141 Å². The smallest absolute Gasteiger partial charge is 0.222 e. The zero-order valence-electron chi connectivity index (χ0n) is 14.9. The van der Waals surface area contributed by atoms with E-state index >= 15 is 0 Å². The Hall–Kier alpha value is -1.26. The van der Waals surface area contributed by atoms with Gasteiger partial charge in [0.2, 0.25) is 5.91 Å². The second-order valence-electron chi connectivity index (χ2n) is 7.06. The van der Waals surface area contributed by atoms with Gasteiger partial charge in [-0.3, -0.25) is 9.79 Å². The SMILES string of the molecule is CCNC(=NCCC(=O)NC1CCCCC1)N1CCC(C)CC1. The van der Waals surface area contributed by atoms with Crippen LogP contribution in [-0.4, -0.2) is 49.0 Å². The first-order chi connectivity index (χ1) is 11.2. The van der Waals surface area contributed by atoms with E-state index < -0.39 is 0 Å². The summed E-state index contributed by atoms with van der Waals surface area (Å²) in [5.74, 6) is 1.95. The number of piperidine rings is 1. The van der Waals surface area contributed by atoms with Crippen molar-refractivity contribution >= 4 is 11.9 Å². The zero-order valence-corrected chi connectivity index (χ0v) is 14.9. The van der Waals surface area contributed by atoms with Gasteiger partial charge in [0, 0.05) is 32.1 Å². The van der Waals surface area contributed by atoms with Gasteiger partial charge >= 0.3 is 0 Å². The third-order valence-electron chi connectivity index (χ3n) is 4.99.